The molecule has 0 atom stereocenters. The van der Waals surface area contributed by atoms with Crippen molar-refractivity contribution in [2.45, 2.75) is 13.5 Å². The van der Waals surface area contributed by atoms with Gasteiger partial charge < -0.3 is 9.84 Å². The van der Waals surface area contributed by atoms with Crippen LogP contribution in [-0.4, -0.2) is 25.7 Å². The predicted octanol–water partition coefficient (Wildman–Crippen LogP) is 3.09. The highest BCUT2D eigenvalue weighted by Crippen LogP contribution is 2.25. The molecule has 0 spiro atoms. The van der Waals surface area contributed by atoms with E-state index in [9.17, 15) is 17.6 Å². The Labute approximate surface area is 161 Å². The molecule has 1 amide bonds. The largest absolute Gasteiger partial charge is 0.360 e. The zero-order chi connectivity index (χ0) is 20.3. The van der Waals surface area contributed by atoms with Crippen molar-refractivity contribution in [1.29, 1.82) is 0 Å². The van der Waals surface area contributed by atoms with E-state index < -0.39 is 21.7 Å². The second kappa shape index (κ2) is 7.81. The topological polar surface area (TPSA) is 101 Å². The number of anilines is 1. The Morgan fingerprint density at radius 1 is 1.18 bits per heavy atom. The van der Waals surface area contributed by atoms with Gasteiger partial charge in [-0.05, 0) is 48.9 Å². The van der Waals surface area contributed by atoms with Gasteiger partial charge in [-0.2, -0.15) is 0 Å². The van der Waals surface area contributed by atoms with Crippen LogP contribution in [0.15, 0.2) is 53.1 Å². The molecule has 28 heavy (non-hydrogen) atoms. The Bertz CT molecular complexity index is 1110. The lowest BCUT2D eigenvalue weighted by Gasteiger charge is -2.09. The monoisotopic (exact) mass is 403 g/mol. The van der Waals surface area contributed by atoms with Crippen LogP contribution >= 0.6 is 0 Å². The van der Waals surface area contributed by atoms with E-state index in [0.29, 0.717) is 28.3 Å². The average Bonchev–Trinajstić information content (AvgIpc) is 3.01. The molecule has 0 saturated heterocycles. The zero-order valence-corrected chi connectivity index (χ0v) is 16.0. The lowest BCUT2D eigenvalue weighted by molar-refractivity contribution is 0.0950. The van der Waals surface area contributed by atoms with Crippen LogP contribution in [0.2, 0.25) is 0 Å². The van der Waals surface area contributed by atoms with Crippen LogP contribution in [0.3, 0.4) is 0 Å². The van der Waals surface area contributed by atoms with Gasteiger partial charge in [-0.1, -0.05) is 17.3 Å². The minimum atomic E-state index is -3.39. The van der Waals surface area contributed by atoms with Crippen LogP contribution < -0.4 is 10.0 Å². The maximum Gasteiger partial charge on any atom is 0.257 e. The Kier molecular flexibility index (Phi) is 5.46. The molecule has 0 aliphatic heterocycles. The summed E-state index contributed by atoms with van der Waals surface area (Å²) < 4.78 is 43.4. The molecule has 1 heterocycles. The van der Waals surface area contributed by atoms with Crippen molar-refractivity contribution in [2.24, 2.45) is 0 Å². The summed E-state index contributed by atoms with van der Waals surface area (Å²) in [6, 6.07) is 12.3. The molecule has 9 heteroatoms. The number of hydrogen-bond donors (Lipinski definition) is 2. The minimum absolute atomic E-state index is 0.172. The normalized spacial score (nSPS) is 11.2. The Balaban J connectivity index is 1.77. The highest BCUT2D eigenvalue weighted by molar-refractivity contribution is 7.92. The number of aryl methyl sites for hydroxylation is 1. The quantitative estimate of drug-likeness (QED) is 0.659. The van der Waals surface area contributed by atoms with E-state index >= 15 is 0 Å². The van der Waals surface area contributed by atoms with Crippen molar-refractivity contribution < 1.29 is 22.1 Å². The first kappa shape index (κ1) is 19.6. The van der Waals surface area contributed by atoms with Crippen LogP contribution in [-0.2, 0) is 16.6 Å². The van der Waals surface area contributed by atoms with Gasteiger partial charge in [0.2, 0.25) is 10.0 Å². The van der Waals surface area contributed by atoms with E-state index in [0.717, 1.165) is 6.26 Å². The fraction of sp³-hybridized carbons (Fsp3) is 0.158. The van der Waals surface area contributed by atoms with Crippen LogP contribution in [0.1, 0.15) is 21.7 Å². The molecule has 3 aromatic rings. The van der Waals surface area contributed by atoms with E-state index in [1.807, 2.05) is 0 Å². The van der Waals surface area contributed by atoms with E-state index in [1.54, 1.807) is 31.2 Å². The minimum Gasteiger partial charge on any atom is -0.360 e. The van der Waals surface area contributed by atoms with Gasteiger partial charge in [-0.3, -0.25) is 9.52 Å². The summed E-state index contributed by atoms with van der Waals surface area (Å²) in [6.07, 6.45) is 1.06. The predicted molar refractivity (Wildman–Crippen MR) is 103 cm³/mol. The Morgan fingerprint density at radius 2 is 1.89 bits per heavy atom. The van der Waals surface area contributed by atoms with Gasteiger partial charge in [0.15, 0.2) is 0 Å². The lowest BCUT2D eigenvalue weighted by atomic mass is 10.1. The molecule has 0 aliphatic carbocycles. The van der Waals surface area contributed by atoms with Crippen LogP contribution in [0.5, 0.6) is 0 Å². The van der Waals surface area contributed by atoms with Gasteiger partial charge in [-0.15, -0.1) is 0 Å². The van der Waals surface area contributed by atoms with Crippen molar-refractivity contribution >= 4 is 21.6 Å². The number of carbonyl (C=O) groups excluding carboxylic acids is 1. The second-order valence-electron chi connectivity index (χ2n) is 6.23. The van der Waals surface area contributed by atoms with Crippen LogP contribution in [0.4, 0.5) is 10.1 Å². The van der Waals surface area contributed by atoms with E-state index in [2.05, 4.69) is 15.2 Å². The second-order valence-corrected chi connectivity index (χ2v) is 7.97. The smallest absolute Gasteiger partial charge is 0.257 e. The molecule has 0 bridgehead atoms. The molecular weight excluding hydrogens is 385 g/mol. The van der Waals surface area contributed by atoms with Gasteiger partial charge in [-0.25, -0.2) is 12.8 Å². The molecular formula is C19H18FN3O4S. The number of aromatic nitrogens is 1. The number of hydrogen-bond acceptors (Lipinski definition) is 5. The number of nitrogens with one attached hydrogen (secondary N) is 2. The van der Waals surface area contributed by atoms with Gasteiger partial charge in [0, 0.05) is 17.8 Å². The van der Waals surface area contributed by atoms with Crippen molar-refractivity contribution in [3.8, 4) is 11.3 Å². The summed E-state index contributed by atoms with van der Waals surface area (Å²) in [4.78, 5) is 12.7. The first-order valence-electron chi connectivity index (χ1n) is 8.30. The number of benzene rings is 2. The number of nitrogens with zero attached hydrogens (tertiary/aromatic N) is 1. The van der Waals surface area contributed by atoms with Gasteiger partial charge in [0.05, 0.1) is 6.26 Å². The molecule has 1 aromatic heterocycles. The zero-order valence-electron chi connectivity index (χ0n) is 15.2. The van der Waals surface area contributed by atoms with Crippen molar-refractivity contribution in [3.05, 3.63) is 71.2 Å². The number of carbonyl (C=O) groups is 1. The highest BCUT2D eigenvalue weighted by atomic mass is 32.2. The summed E-state index contributed by atoms with van der Waals surface area (Å²) in [6.45, 7) is 1.79. The Hall–Kier alpha value is -3.20. The molecule has 7 nitrogen and oxygen atoms in total. The summed E-state index contributed by atoms with van der Waals surface area (Å²) in [7, 11) is -3.39. The van der Waals surface area contributed by atoms with Gasteiger partial charge in [0.25, 0.3) is 5.91 Å². The highest BCUT2D eigenvalue weighted by Gasteiger charge is 2.21. The Morgan fingerprint density at radius 3 is 2.57 bits per heavy atom. The third-order valence-corrected chi connectivity index (χ3v) is 4.50. The summed E-state index contributed by atoms with van der Waals surface area (Å²) >= 11 is 0. The molecule has 146 valence electrons. The molecule has 0 unspecified atom stereocenters. The number of amides is 1. The maximum absolute atomic E-state index is 13.1. The molecule has 2 N–H and O–H groups in total. The number of rotatable bonds is 6. The van der Waals surface area contributed by atoms with Crippen molar-refractivity contribution in [2.75, 3.05) is 11.0 Å². The SMILES string of the molecule is Cc1onc(-c2ccc(F)cc2)c1C(=O)NCc1cccc(NS(C)(=O)=O)c1. The third kappa shape index (κ3) is 4.74. The average molecular weight is 403 g/mol. The van der Waals surface area contributed by atoms with Gasteiger partial charge >= 0.3 is 0 Å². The first-order valence-corrected chi connectivity index (χ1v) is 10.2. The summed E-state index contributed by atoms with van der Waals surface area (Å²) in [5, 5.41) is 6.67. The fourth-order valence-electron chi connectivity index (χ4n) is 2.67. The molecule has 0 radical (unpaired) electrons. The van der Waals surface area contributed by atoms with E-state index in [-0.39, 0.29) is 12.1 Å². The van der Waals surface area contributed by atoms with E-state index in [1.165, 1.54) is 24.3 Å². The molecule has 3 rings (SSSR count). The molecule has 0 saturated carbocycles. The van der Waals surface area contributed by atoms with Crippen molar-refractivity contribution in [1.82, 2.24) is 10.5 Å². The summed E-state index contributed by atoms with van der Waals surface area (Å²) in [5.74, 6) is -0.457. The third-order valence-electron chi connectivity index (χ3n) is 3.89. The standard InChI is InChI=1S/C19H18FN3O4S/c1-12-17(18(22-27-12)14-6-8-15(20)9-7-14)19(24)21-11-13-4-3-5-16(10-13)23-28(2,25)26/h3-10,23H,11H2,1-2H3,(H,21,24). The van der Waals surface area contributed by atoms with Gasteiger partial charge in [0.1, 0.15) is 22.8 Å². The summed E-state index contributed by atoms with van der Waals surface area (Å²) in [5.41, 5.74) is 2.25. The van der Waals surface area contributed by atoms with Crippen LogP contribution in [0, 0.1) is 12.7 Å². The lowest BCUT2D eigenvalue weighted by Crippen LogP contribution is -2.23. The fourth-order valence-corrected chi connectivity index (χ4v) is 3.23. The van der Waals surface area contributed by atoms with Crippen LogP contribution in [0.25, 0.3) is 11.3 Å². The number of sulfonamides is 1. The maximum atomic E-state index is 13.1. The molecule has 2 aromatic carbocycles. The van der Waals surface area contributed by atoms with E-state index in [4.69, 9.17) is 4.52 Å². The first-order chi connectivity index (χ1) is 13.2. The number of halogens is 1. The van der Waals surface area contributed by atoms with Crippen molar-refractivity contribution in [3.63, 3.8) is 0 Å². The molecule has 0 fully saturated rings. The molecule has 0 aliphatic rings.